The van der Waals surface area contributed by atoms with Crippen molar-refractivity contribution in [1.82, 2.24) is 4.90 Å². The molecule has 23 heteroatoms. The average Bonchev–Trinajstić information content (AvgIpc) is 2.55. The Morgan fingerprint density at radius 3 is 0.912 bits per heavy atom. The minimum absolute atomic E-state index is 1.50. The first-order chi connectivity index (χ1) is 14.3. The molecule has 1 saturated carbocycles. The molecule has 0 aromatic carbocycles. The first-order valence-electron chi connectivity index (χ1n) is 7.30. The summed E-state index contributed by atoms with van der Waals surface area (Å²) in [5.74, 6) is -43.0. The molecule has 2 fully saturated rings. The predicted molar refractivity (Wildman–Crippen MR) is 56.2 cm³/mol. The van der Waals surface area contributed by atoms with Gasteiger partial charge in [-0.25, -0.2) is 9.13 Å². The molecular formula is C11F21NO. The van der Waals surface area contributed by atoms with Gasteiger partial charge in [-0.3, -0.25) is 0 Å². The van der Waals surface area contributed by atoms with E-state index in [1.54, 1.807) is 0 Å². The molecule has 1 saturated heterocycles. The lowest BCUT2D eigenvalue weighted by Crippen LogP contribution is -2.91. The first kappa shape index (κ1) is 28.7. The van der Waals surface area contributed by atoms with E-state index >= 15 is 0 Å². The second-order valence-electron chi connectivity index (χ2n) is 6.63. The summed E-state index contributed by atoms with van der Waals surface area (Å²) in [6.07, 6.45) is -15.0. The fraction of sp³-hybridized carbons (Fsp3) is 1.00. The summed E-state index contributed by atoms with van der Waals surface area (Å²) >= 11 is 0. The third kappa shape index (κ3) is 2.47. The fourth-order valence-corrected chi connectivity index (χ4v) is 2.83. The number of halogens is 21. The minimum Gasteiger partial charge on any atom is -0.243 e. The van der Waals surface area contributed by atoms with Crippen molar-refractivity contribution in [3.63, 3.8) is 0 Å². The summed E-state index contributed by atoms with van der Waals surface area (Å²) in [5, 5.41) is 0. The molecule has 0 aromatic heterocycles. The van der Waals surface area contributed by atoms with Gasteiger partial charge in [0.05, 0.1) is 0 Å². The van der Waals surface area contributed by atoms with Crippen LogP contribution in [0.15, 0.2) is 0 Å². The van der Waals surface area contributed by atoms with Gasteiger partial charge in [0.25, 0.3) is 0 Å². The molecule has 2 nitrogen and oxygen atoms in total. The second kappa shape index (κ2) is 6.22. The van der Waals surface area contributed by atoms with E-state index in [1.807, 2.05) is 0 Å². The van der Waals surface area contributed by atoms with Crippen molar-refractivity contribution in [2.75, 3.05) is 0 Å². The maximum absolute atomic E-state index is 14.4. The Morgan fingerprint density at radius 2 is 0.647 bits per heavy atom. The Morgan fingerprint density at radius 1 is 0.412 bits per heavy atom. The summed E-state index contributed by atoms with van der Waals surface area (Å²) < 4.78 is 284. The summed E-state index contributed by atoms with van der Waals surface area (Å²) in [7, 11) is 0. The smallest absolute Gasteiger partial charge is 0.243 e. The number of alkyl halides is 21. The van der Waals surface area contributed by atoms with Crippen LogP contribution < -0.4 is 0 Å². The molecule has 2 aliphatic rings. The highest BCUT2D eigenvalue weighted by atomic mass is 19.4. The van der Waals surface area contributed by atoms with Gasteiger partial charge in [0.15, 0.2) is 0 Å². The number of nitrogens with zero attached hydrogens (tertiary/aromatic N) is 1. The molecule has 34 heavy (non-hydrogen) atoms. The third-order valence-corrected chi connectivity index (χ3v) is 4.66. The first-order valence-corrected chi connectivity index (χ1v) is 7.30. The molecular weight excluding hydrogens is 561 g/mol. The summed E-state index contributed by atoms with van der Waals surface area (Å²) in [6, 6.07) is -25.2. The van der Waals surface area contributed by atoms with Crippen LogP contribution in [-0.2, 0) is 4.74 Å². The van der Waals surface area contributed by atoms with E-state index in [9.17, 15) is 92.2 Å². The second-order valence-corrected chi connectivity index (χ2v) is 6.63. The van der Waals surface area contributed by atoms with Crippen molar-refractivity contribution in [2.24, 2.45) is 0 Å². The lowest BCUT2D eigenvalue weighted by Gasteiger charge is -2.57. The predicted octanol–water partition coefficient (Wildman–Crippen LogP) is 6.18. The molecule has 0 bridgehead atoms. The monoisotopic (exact) mass is 561 g/mol. The molecule has 0 atom stereocenters. The zero-order chi connectivity index (χ0) is 27.8. The highest BCUT2D eigenvalue weighted by molar-refractivity contribution is 5.30. The van der Waals surface area contributed by atoms with Crippen LogP contribution in [0.2, 0.25) is 0 Å². The van der Waals surface area contributed by atoms with E-state index in [0.29, 0.717) is 0 Å². The van der Waals surface area contributed by atoms with Crippen molar-refractivity contribution < 1.29 is 96.9 Å². The Bertz CT molecular complexity index is 803. The van der Waals surface area contributed by atoms with E-state index in [4.69, 9.17) is 0 Å². The van der Waals surface area contributed by atoms with Gasteiger partial charge in [0.2, 0.25) is 0 Å². The van der Waals surface area contributed by atoms with Crippen molar-refractivity contribution >= 4 is 0 Å². The van der Waals surface area contributed by atoms with Gasteiger partial charge in [0.1, 0.15) is 0 Å². The maximum atomic E-state index is 14.4. The summed E-state index contributed by atoms with van der Waals surface area (Å²) in [5.41, 5.74) is -9.14. The van der Waals surface area contributed by atoms with Crippen LogP contribution >= 0.6 is 0 Å². The minimum atomic E-state index is -9.14. The maximum Gasteiger partial charge on any atom is 0.439 e. The Kier molecular flexibility index (Phi) is 5.25. The van der Waals surface area contributed by atoms with Gasteiger partial charge < -0.3 is 0 Å². The molecule has 0 N–H and O–H groups in total. The van der Waals surface area contributed by atoms with Crippen molar-refractivity contribution in [3.8, 4) is 0 Å². The Balaban J connectivity index is 3.07. The number of rotatable bonds is 2. The molecule has 0 radical (unpaired) electrons. The van der Waals surface area contributed by atoms with Crippen LogP contribution in [0, 0.1) is 0 Å². The quantitative estimate of drug-likeness (QED) is 0.295. The molecule has 0 amide bonds. The van der Waals surface area contributed by atoms with E-state index in [2.05, 4.69) is 0 Å². The molecule has 1 heterocycles. The molecule has 0 unspecified atom stereocenters. The van der Waals surface area contributed by atoms with Crippen LogP contribution in [0.5, 0.6) is 0 Å². The van der Waals surface area contributed by atoms with E-state index in [0.717, 1.165) is 0 Å². The fourth-order valence-electron chi connectivity index (χ4n) is 2.83. The van der Waals surface area contributed by atoms with Crippen molar-refractivity contribution in [1.29, 1.82) is 0 Å². The Labute approximate surface area is 169 Å². The molecule has 2 rings (SSSR count). The van der Waals surface area contributed by atoms with Crippen LogP contribution in [0.1, 0.15) is 0 Å². The standard InChI is InChI=1S/C11F21NO/c12-1(2(13,14)4(17,18)6(21,22)5(19,20)3(1,15)16)7(23,24)33-8(25,26)10(29,30)34-11(31,32)9(33,27)28. The number of hydrogen-bond donors (Lipinski definition) is 0. The zero-order valence-corrected chi connectivity index (χ0v) is 14.3. The highest BCUT2D eigenvalue weighted by Gasteiger charge is 3.07. The van der Waals surface area contributed by atoms with Crippen LogP contribution in [0.3, 0.4) is 0 Å². The van der Waals surface area contributed by atoms with Gasteiger partial charge in [0, 0.05) is 0 Å². The van der Waals surface area contributed by atoms with E-state index < -0.39 is 70.5 Å². The van der Waals surface area contributed by atoms with Crippen molar-refractivity contribution in [2.45, 2.75) is 65.6 Å². The van der Waals surface area contributed by atoms with Crippen molar-refractivity contribution in [3.05, 3.63) is 0 Å². The van der Waals surface area contributed by atoms with E-state index in [-0.39, 0.29) is 0 Å². The molecule has 0 spiro atoms. The van der Waals surface area contributed by atoms with Crippen LogP contribution in [0.4, 0.5) is 92.2 Å². The lowest BCUT2D eigenvalue weighted by atomic mass is 9.70. The normalized spacial score (nSPS) is 33.8. The zero-order valence-electron chi connectivity index (χ0n) is 14.3. The molecule has 1 aliphatic carbocycles. The summed E-state index contributed by atoms with van der Waals surface area (Å²) in [4.78, 5) is -4.85. The third-order valence-electron chi connectivity index (χ3n) is 4.66. The number of morpholine rings is 1. The van der Waals surface area contributed by atoms with E-state index in [1.165, 1.54) is 4.74 Å². The van der Waals surface area contributed by atoms with Crippen LogP contribution in [-0.4, -0.2) is 70.5 Å². The van der Waals surface area contributed by atoms with Crippen LogP contribution in [0.25, 0.3) is 0 Å². The topological polar surface area (TPSA) is 12.5 Å². The Hall–Kier alpha value is -1.55. The van der Waals surface area contributed by atoms with Gasteiger partial charge in [-0.05, 0) is 0 Å². The van der Waals surface area contributed by atoms with Gasteiger partial charge >= 0.3 is 65.6 Å². The van der Waals surface area contributed by atoms with Gasteiger partial charge in [-0.15, -0.1) is 4.90 Å². The highest BCUT2D eigenvalue weighted by Crippen LogP contribution is 2.74. The molecule has 0 aromatic rings. The SMILES string of the molecule is FC1(F)OC(F)(F)C(F)(F)N(C(F)(F)C2(F)C(F)(F)C(F)(F)C(F)(F)C(F)(F)C2(F)F)C1(F)F. The number of hydrogen-bond acceptors (Lipinski definition) is 2. The van der Waals surface area contributed by atoms with Gasteiger partial charge in [-0.2, -0.15) is 87.8 Å². The average molecular weight is 561 g/mol. The van der Waals surface area contributed by atoms with Gasteiger partial charge in [-0.1, -0.05) is 0 Å². The lowest BCUT2D eigenvalue weighted by molar-refractivity contribution is -0.604. The number of ether oxygens (including phenoxy) is 1. The summed E-state index contributed by atoms with van der Waals surface area (Å²) in [6.45, 7) is 0. The molecule has 202 valence electrons. The largest absolute Gasteiger partial charge is 0.439 e. The molecule has 1 aliphatic heterocycles.